The zero-order chi connectivity index (χ0) is 22.5. The van der Waals surface area contributed by atoms with Gasteiger partial charge in [-0.3, -0.25) is 14.2 Å². The van der Waals surface area contributed by atoms with E-state index in [2.05, 4.69) is 21.2 Å². The van der Waals surface area contributed by atoms with Crippen molar-refractivity contribution in [2.24, 2.45) is 0 Å². The number of amides is 1. The molecule has 0 fully saturated rings. The largest absolute Gasteiger partial charge is 0.321 e. The minimum absolute atomic E-state index is 0.131. The van der Waals surface area contributed by atoms with E-state index in [0.29, 0.717) is 15.9 Å². The Morgan fingerprint density at radius 3 is 2.34 bits per heavy atom. The van der Waals surface area contributed by atoms with Crippen LogP contribution < -0.4 is 20.1 Å². The molecule has 0 aliphatic heterocycles. The van der Waals surface area contributed by atoms with Crippen molar-refractivity contribution >= 4 is 50.5 Å². The summed E-state index contributed by atoms with van der Waals surface area (Å²) in [6.45, 7) is 0. The number of anilines is 1. The van der Waals surface area contributed by atoms with Gasteiger partial charge in [0.05, 0.1) is 10.2 Å². The number of rotatable bonds is 4. The minimum atomic E-state index is -0.571. The zero-order valence-electron chi connectivity index (χ0n) is 16.7. The second-order valence-corrected chi connectivity index (χ2v) is 8.70. The van der Waals surface area contributed by atoms with Gasteiger partial charge < -0.3 is 5.32 Å². The summed E-state index contributed by atoms with van der Waals surface area (Å²) in [6.07, 6.45) is 1.75. The van der Waals surface area contributed by atoms with Crippen molar-refractivity contribution in [1.29, 1.82) is 5.26 Å². The highest BCUT2D eigenvalue weighted by Crippen LogP contribution is 2.12. The van der Waals surface area contributed by atoms with Gasteiger partial charge in [0.25, 0.3) is 11.5 Å². The van der Waals surface area contributed by atoms with E-state index in [0.717, 1.165) is 21.4 Å². The van der Waals surface area contributed by atoms with E-state index >= 15 is 0 Å². The molecule has 32 heavy (non-hydrogen) atoms. The molecule has 4 aromatic rings. The van der Waals surface area contributed by atoms with Crippen LogP contribution in [0.1, 0.15) is 5.56 Å². The molecular formula is C25H16BrN3O2S. The Balaban J connectivity index is 1.97. The molecule has 0 saturated heterocycles. The fraction of sp³-hybridized carbons (Fsp3) is 0. The number of thiazole rings is 1. The molecule has 1 N–H and O–H groups in total. The number of hydrogen-bond acceptors (Lipinski definition) is 4. The van der Waals surface area contributed by atoms with Crippen LogP contribution in [0, 0.1) is 11.3 Å². The number of carbonyl (C=O) groups is 1. The average molecular weight is 502 g/mol. The summed E-state index contributed by atoms with van der Waals surface area (Å²) in [5.41, 5.74) is 1.55. The van der Waals surface area contributed by atoms with Crippen LogP contribution in [0.3, 0.4) is 0 Å². The van der Waals surface area contributed by atoms with E-state index < -0.39 is 5.91 Å². The van der Waals surface area contributed by atoms with E-state index in [1.807, 2.05) is 42.5 Å². The molecule has 1 amide bonds. The number of nitriles is 1. The van der Waals surface area contributed by atoms with Gasteiger partial charge in [0.2, 0.25) is 0 Å². The highest BCUT2D eigenvalue weighted by atomic mass is 79.9. The highest BCUT2D eigenvalue weighted by Gasteiger charge is 2.17. The first-order chi connectivity index (χ1) is 15.6. The van der Waals surface area contributed by atoms with E-state index in [9.17, 15) is 14.9 Å². The van der Waals surface area contributed by atoms with Crippen LogP contribution in [-0.2, 0) is 4.79 Å². The number of halogens is 1. The lowest BCUT2D eigenvalue weighted by Crippen LogP contribution is -2.32. The van der Waals surface area contributed by atoms with Gasteiger partial charge in [-0.15, -0.1) is 11.3 Å². The molecule has 0 radical (unpaired) electrons. The number of nitrogens with one attached hydrogen (secondary N) is 1. The Morgan fingerprint density at radius 2 is 1.69 bits per heavy atom. The molecule has 0 aliphatic carbocycles. The fourth-order valence-corrected chi connectivity index (χ4v) is 4.64. The lowest BCUT2D eigenvalue weighted by atomic mass is 10.2. The van der Waals surface area contributed by atoms with Crippen LogP contribution in [-0.4, -0.2) is 10.5 Å². The summed E-state index contributed by atoms with van der Waals surface area (Å²) in [5, 5.41) is 12.6. The molecule has 1 heterocycles. The lowest BCUT2D eigenvalue weighted by Gasteiger charge is -2.05. The molecule has 7 heteroatoms. The van der Waals surface area contributed by atoms with Crippen LogP contribution in [0.2, 0.25) is 0 Å². The normalized spacial score (nSPS) is 12.2. The Kier molecular flexibility index (Phi) is 6.45. The van der Waals surface area contributed by atoms with Gasteiger partial charge >= 0.3 is 0 Å². The van der Waals surface area contributed by atoms with Crippen molar-refractivity contribution in [3.63, 3.8) is 0 Å². The van der Waals surface area contributed by atoms with Crippen LogP contribution in [0.4, 0.5) is 5.69 Å². The third-order valence-corrected chi connectivity index (χ3v) is 6.15. The number of nitrogens with zero attached hydrogens (tertiary/aromatic N) is 2. The zero-order valence-corrected chi connectivity index (χ0v) is 19.1. The van der Waals surface area contributed by atoms with E-state index in [1.165, 1.54) is 4.57 Å². The number of para-hydroxylation sites is 2. The number of aromatic nitrogens is 1. The smallest absolute Gasteiger partial charge is 0.273 e. The van der Waals surface area contributed by atoms with Gasteiger partial charge in [-0.2, -0.15) is 5.26 Å². The van der Waals surface area contributed by atoms with Crippen molar-refractivity contribution in [2.75, 3.05) is 5.32 Å². The van der Waals surface area contributed by atoms with Crippen molar-refractivity contribution in [1.82, 2.24) is 4.57 Å². The first-order valence-corrected chi connectivity index (χ1v) is 11.2. The topological polar surface area (TPSA) is 74.9 Å². The third kappa shape index (κ3) is 4.62. The predicted molar refractivity (Wildman–Crippen MR) is 131 cm³/mol. The van der Waals surface area contributed by atoms with Gasteiger partial charge in [-0.05, 0) is 48.0 Å². The number of benzene rings is 3. The lowest BCUT2D eigenvalue weighted by molar-refractivity contribution is -0.111. The Bertz CT molecular complexity index is 1500. The van der Waals surface area contributed by atoms with Crippen molar-refractivity contribution in [2.45, 2.75) is 0 Å². The molecule has 0 unspecified atom stereocenters. The summed E-state index contributed by atoms with van der Waals surface area (Å²) in [7, 11) is 0. The molecule has 4 rings (SSSR count). The van der Waals surface area contributed by atoms with Crippen molar-refractivity contribution in [3.8, 4) is 11.8 Å². The summed E-state index contributed by atoms with van der Waals surface area (Å²) in [4.78, 5) is 26.3. The predicted octanol–water partition coefficient (Wildman–Crippen LogP) is 3.80. The molecule has 0 aliphatic rings. The van der Waals surface area contributed by atoms with Crippen LogP contribution >= 0.6 is 27.3 Å². The minimum Gasteiger partial charge on any atom is -0.321 e. The molecule has 0 saturated carbocycles. The Labute approximate surface area is 196 Å². The standard InChI is InChI=1S/C25H16BrN3O2S/c26-18-9-7-8-17(14-18)15-22-24(31)29(20-12-5-2-6-13-20)25(32-22)21(16-27)23(30)28-19-10-3-1-4-11-19/h1-15H,(H,28,30). The van der Waals surface area contributed by atoms with E-state index in [4.69, 9.17) is 0 Å². The second-order valence-electron chi connectivity index (χ2n) is 6.75. The molecular weight excluding hydrogens is 486 g/mol. The summed E-state index contributed by atoms with van der Waals surface area (Å²) >= 11 is 4.55. The SMILES string of the molecule is N#CC(C(=O)Nc1ccccc1)=c1sc(=Cc2cccc(Br)c2)c(=O)n1-c1ccccc1. The van der Waals surface area contributed by atoms with E-state index in [-0.39, 0.29) is 15.8 Å². The average Bonchev–Trinajstić information content (AvgIpc) is 3.11. The summed E-state index contributed by atoms with van der Waals surface area (Å²) < 4.78 is 3.00. The highest BCUT2D eigenvalue weighted by molar-refractivity contribution is 9.10. The van der Waals surface area contributed by atoms with Gasteiger partial charge in [-0.25, -0.2) is 0 Å². The maximum Gasteiger partial charge on any atom is 0.273 e. The van der Waals surface area contributed by atoms with Crippen LogP contribution in [0.25, 0.3) is 17.3 Å². The maximum atomic E-state index is 13.4. The molecule has 0 bridgehead atoms. The monoisotopic (exact) mass is 501 g/mol. The van der Waals surface area contributed by atoms with Crippen LogP contribution in [0.15, 0.2) is 94.2 Å². The molecule has 0 atom stereocenters. The molecule has 156 valence electrons. The summed E-state index contributed by atoms with van der Waals surface area (Å²) in [6, 6.07) is 27.4. The van der Waals surface area contributed by atoms with Crippen molar-refractivity contribution in [3.05, 3.63) is 115 Å². The number of carbonyl (C=O) groups excluding carboxylic acids is 1. The molecule has 0 spiro atoms. The van der Waals surface area contributed by atoms with Gasteiger partial charge in [-0.1, -0.05) is 64.5 Å². The maximum absolute atomic E-state index is 13.4. The quantitative estimate of drug-likeness (QED) is 0.462. The molecule has 3 aromatic carbocycles. The van der Waals surface area contributed by atoms with Crippen LogP contribution in [0.5, 0.6) is 0 Å². The van der Waals surface area contributed by atoms with E-state index in [1.54, 1.807) is 54.6 Å². The Morgan fingerprint density at radius 1 is 1.00 bits per heavy atom. The molecule has 5 nitrogen and oxygen atoms in total. The van der Waals surface area contributed by atoms with Gasteiger partial charge in [0, 0.05) is 10.2 Å². The van der Waals surface area contributed by atoms with Gasteiger partial charge in [0.15, 0.2) is 5.57 Å². The first kappa shape index (κ1) is 21.5. The van der Waals surface area contributed by atoms with Crippen molar-refractivity contribution < 1.29 is 4.79 Å². The molecule has 1 aromatic heterocycles. The first-order valence-electron chi connectivity index (χ1n) is 9.62. The Hall–Kier alpha value is -3.73. The van der Waals surface area contributed by atoms with Gasteiger partial charge in [0.1, 0.15) is 10.7 Å². The number of hydrogen-bond donors (Lipinski definition) is 1. The fourth-order valence-electron chi connectivity index (χ4n) is 3.12. The summed E-state index contributed by atoms with van der Waals surface area (Å²) in [5.74, 6) is -0.571. The second kappa shape index (κ2) is 9.60. The third-order valence-electron chi connectivity index (χ3n) is 4.57.